The Morgan fingerprint density at radius 1 is 1.09 bits per heavy atom. The van der Waals surface area contributed by atoms with E-state index in [0.29, 0.717) is 32.0 Å². The van der Waals surface area contributed by atoms with Crippen LogP contribution in [-0.4, -0.2) is 43.1 Å². The van der Waals surface area contributed by atoms with Crippen LogP contribution in [0.4, 0.5) is 10.5 Å². The van der Waals surface area contributed by atoms with Crippen molar-refractivity contribution in [2.75, 3.05) is 31.6 Å². The van der Waals surface area contributed by atoms with Crippen LogP contribution in [0.2, 0.25) is 0 Å². The van der Waals surface area contributed by atoms with Gasteiger partial charge in [0.15, 0.2) is 0 Å². The predicted molar refractivity (Wildman–Crippen MR) is 128 cm³/mol. The van der Waals surface area contributed by atoms with Gasteiger partial charge in [0.2, 0.25) is 5.91 Å². The maximum atomic E-state index is 12.6. The molecule has 0 saturated carbocycles. The zero-order chi connectivity index (χ0) is 22.9. The lowest BCUT2D eigenvalue weighted by molar-refractivity contribution is -0.133. The monoisotopic (exact) mass is 437 g/mol. The molecule has 1 heterocycles. The number of amides is 3. The minimum atomic E-state index is -0.214. The van der Waals surface area contributed by atoms with Gasteiger partial charge in [-0.1, -0.05) is 43.7 Å². The summed E-state index contributed by atoms with van der Waals surface area (Å²) in [6, 6.07) is 15.5. The topological polar surface area (TPSA) is 70.7 Å². The Hall–Kier alpha value is -3.02. The maximum absolute atomic E-state index is 12.6. The molecule has 172 valence electrons. The van der Waals surface area contributed by atoms with Gasteiger partial charge >= 0.3 is 6.03 Å². The molecule has 6 nitrogen and oxygen atoms in total. The third kappa shape index (κ3) is 7.29. The standard InChI is InChI=1S/C26H35N3O3/c1-19(2)22-8-12-24(13-9-22)32-16-14-25(30)29-15-4-5-21(18-29)17-27-26(31)28-23-10-6-20(3)7-11-23/h6-13,19,21H,4-5,14-18H2,1-3H3,(H2,27,28,31). The van der Waals surface area contributed by atoms with E-state index in [0.717, 1.165) is 36.4 Å². The van der Waals surface area contributed by atoms with Crippen LogP contribution >= 0.6 is 0 Å². The number of urea groups is 1. The molecule has 0 aliphatic carbocycles. The third-order valence-corrected chi connectivity index (χ3v) is 5.86. The summed E-state index contributed by atoms with van der Waals surface area (Å²) >= 11 is 0. The van der Waals surface area contributed by atoms with E-state index in [2.05, 4.69) is 36.6 Å². The zero-order valence-corrected chi connectivity index (χ0v) is 19.4. The summed E-state index contributed by atoms with van der Waals surface area (Å²) in [4.78, 5) is 26.7. The van der Waals surface area contributed by atoms with E-state index in [-0.39, 0.29) is 17.9 Å². The smallest absolute Gasteiger partial charge is 0.319 e. The molecule has 1 saturated heterocycles. The second-order valence-electron chi connectivity index (χ2n) is 8.87. The van der Waals surface area contributed by atoms with Crippen LogP contribution in [0.25, 0.3) is 0 Å². The number of hydrogen-bond donors (Lipinski definition) is 2. The highest BCUT2D eigenvalue weighted by Gasteiger charge is 2.23. The number of carbonyl (C=O) groups is 2. The van der Waals surface area contributed by atoms with Crippen LogP contribution < -0.4 is 15.4 Å². The fraction of sp³-hybridized carbons (Fsp3) is 0.462. The van der Waals surface area contributed by atoms with Gasteiger partial charge in [-0.3, -0.25) is 4.79 Å². The number of aryl methyl sites for hydroxylation is 1. The molecule has 0 aromatic heterocycles. The Labute approximate surface area is 191 Å². The summed E-state index contributed by atoms with van der Waals surface area (Å²) in [7, 11) is 0. The van der Waals surface area contributed by atoms with Crippen molar-refractivity contribution in [1.29, 1.82) is 0 Å². The van der Waals surface area contributed by atoms with E-state index < -0.39 is 0 Å². The number of rotatable bonds is 8. The minimum absolute atomic E-state index is 0.109. The average molecular weight is 438 g/mol. The quantitative estimate of drug-likeness (QED) is 0.614. The van der Waals surface area contributed by atoms with E-state index in [9.17, 15) is 9.59 Å². The van der Waals surface area contributed by atoms with Crippen molar-refractivity contribution in [3.63, 3.8) is 0 Å². The number of nitrogens with one attached hydrogen (secondary N) is 2. The van der Waals surface area contributed by atoms with Crippen molar-refractivity contribution in [1.82, 2.24) is 10.2 Å². The molecule has 1 fully saturated rings. The van der Waals surface area contributed by atoms with Crippen molar-refractivity contribution >= 4 is 17.6 Å². The molecular formula is C26H35N3O3. The highest BCUT2D eigenvalue weighted by molar-refractivity contribution is 5.89. The highest BCUT2D eigenvalue weighted by atomic mass is 16.5. The maximum Gasteiger partial charge on any atom is 0.319 e. The molecule has 2 N–H and O–H groups in total. The molecule has 1 aliphatic heterocycles. The molecule has 3 rings (SSSR count). The highest BCUT2D eigenvalue weighted by Crippen LogP contribution is 2.20. The van der Waals surface area contributed by atoms with E-state index in [1.165, 1.54) is 5.56 Å². The van der Waals surface area contributed by atoms with Gasteiger partial charge in [-0.15, -0.1) is 0 Å². The summed E-state index contributed by atoms with van der Waals surface area (Å²) in [5.41, 5.74) is 3.19. The Kier molecular flexibility index (Phi) is 8.54. The SMILES string of the molecule is Cc1ccc(NC(=O)NCC2CCCN(C(=O)CCOc3ccc(C(C)C)cc3)C2)cc1. The summed E-state index contributed by atoms with van der Waals surface area (Å²) in [6.07, 6.45) is 2.32. The van der Waals surface area contributed by atoms with E-state index in [1.807, 2.05) is 48.2 Å². The molecule has 0 spiro atoms. The third-order valence-electron chi connectivity index (χ3n) is 5.86. The molecule has 32 heavy (non-hydrogen) atoms. The van der Waals surface area contributed by atoms with Crippen LogP contribution in [0, 0.1) is 12.8 Å². The summed E-state index contributed by atoms with van der Waals surface area (Å²) in [5.74, 6) is 1.65. The van der Waals surface area contributed by atoms with Crippen molar-refractivity contribution in [2.24, 2.45) is 5.92 Å². The van der Waals surface area contributed by atoms with Gasteiger partial charge < -0.3 is 20.3 Å². The van der Waals surface area contributed by atoms with Crippen LogP contribution in [0.1, 0.15) is 50.2 Å². The van der Waals surface area contributed by atoms with Gasteiger partial charge in [0.05, 0.1) is 13.0 Å². The number of nitrogens with zero attached hydrogens (tertiary/aromatic N) is 1. The molecule has 2 aromatic carbocycles. The number of benzene rings is 2. The first-order valence-electron chi connectivity index (χ1n) is 11.5. The number of hydrogen-bond acceptors (Lipinski definition) is 3. The van der Waals surface area contributed by atoms with Gasteiger partial charge in [-0.25, -0.2) is 4.79 Å². The molecule has 3 amide bonds. The summed E-state index contributed by atoms with van der Waals surface area (Å²) in [5, 5.41) is 5.79. The molecule has 0 radical (unpaired) electrons. The van der Waals surface area contributed by atoms with Crippen molar-refractivity contribution in [2.45, 2.75) is 46.0 Å². The van der Waals surface area contributed by atoms with Crippen LogP contribution in [0.5, 0.6) is 5.75 Å². The van der Waals surface area contributed by atoms with Gasteiger partial charge in [-0.05, 0) is 61.4 Å². The lowest BCUT2D eigenvalue weighted by atomic mass is 9.98. The zero-order valence-electron chi connectivity index (χ0n) is 19.4. The van der Waals surface area contributed by atoms with Crippen LogP contribution in [0.15, 0.2) is 48.5 Å². The van der Waals surface area contributed by atoms with E-state index in [4.69, 9.17) is 4.74 Å². The molecule has 1 aliphatic rings. The largest absolute Gasteiger partial charge is 0.493 e. The normalized spacial score (nSPS) is 16.0. The first-order chi connectivity index (χ1) is 15.4. The molecule has 2 aromatic rings. The van der Waals surface area contributed by atoms with E-state index in [1.54, 1.807) is 0 Å². The minimum Gasteiger partial charge on any atom is -0.493 e. The molecule has 1 atom stereocenters. The first-order valence-corrected chi connectivity index (χ1v) is 11.5. The summed E-state index contributed by atoms with van der Waals surface area (Å²) in [6.45, 7) is 8.70. The average Bonchev–Trinajstić information content (AvgIpc) is 2.80. The fourth-order valence-corrected chi connectivity index (χ4v) is 3.87. The Morgan fingerprint density at radius 3 is 2.50 bits per heavy atom. The number of anilines is 1. The molecular weight excluding hydrogens is 402 g/mol. The Morgan fingerprint density at radius 2 is 1.81 bits per heavy atom. The second-order valence-corrected chi connectivity index (χ2v) is 8.87. The predicted octanol–water partition coefficient (Wildman–Crippen LogP) is 4.95. The first kappa shape index (κ1) is 23.6. The van der Waals surface area contributed by atoms with Crippen molar-refractivity contribution in [3.05, 3.63) is 59.7 Å². The Balaban J connectivity index is 1.37. The van der Waals surface area contributed by atoms with Crippen molar-refractivity contribution in [3.8, 4) is 5.75 Å². The number of likely N-dealkylation sites (tertiary alicyclic amines) is 1. The van der Waals surface area contributed by atoms with Gasteiger partial charge in [0.1, 0.15) is 5.75 Å². The van der Waals surface area contributed by atoms with Gasteiger partial charge in [-0.2, -0.15) is 0 Å². The van der Waals surface area contributed by atoms with Crippen LogP contribution in [-0.2, 0) is 4.79 Å². The Bertz CT molecular complexity index is 878. The number of piperidine rings is 1. The molecule has 6 heteroatoms. The molecule has 0 bridgehead atoms. The summed E-state index contributed by atoms with van der Waals surface area (Å²) < 4.78 is 5.76. The lowest BCUT2D eigenvalue weighted by Gasteiger charge is -2.33. The van der Waals surface area contributed by atoms with E-state index >= 15 is 0 Å². The van der Waals surface area contributed by atoms with Gasteiger partial charge in [0.25, 0.3) is 0 Å². The number of ether oxygens (including phenoxy) is 1. The number of carbonyl (C=O) groups excluding carboxylic acids is 2. The van der Waals surface area contributed by atoms with Crippen LogP contribution in [0.3, 0.4) is 0 Å². The second kappa shape index (κ2) is 11.6. The molecule has 1 unspecified atom stereocenters. The fourth-order valence-electron chi connectivity index (χ4n) is 3.87. The lowest BCUT2D eigenvalue weighted by Crippen LogP contribution is -2.44. The van der Waals surface area contributed by atoms with Crippen molar-refractivity contribution < 1.29 is 14.3 Å². The van der Waals surface area contributed by atoms with Gasteiger partial charge in [0, 0.05) is 25.3 Å².